The number of aryl methyl sites for hydroxylation is 2. The molecule has 1 unspecified atom stereocenters. The fourth-order valence-corrected chi connectivity index (χ4v) is 5.06. The number of aromatic nitrogens is 3. The van der Waals surface area contributed by atoms with Crippen LogP contribution in [0.3, 0.4) is 0 Å². The van der Waals surface area contributed by atoms with Crippen LogP contribution in [-0.2, 0) is 17.9 Å². The second kappa shape index (κ2) is 11.0. The number of likely N-dealkylation sites (tertiary alicyclic amines) is 1. The minimum atomic E-state index is -0.601. The number of hydrogen-bond donors (Lipinski definition) is 1. The first-order valence-corrected chi connectivity index (χ1v) is 14.8. The number of carbonyl (C=O) groups excluding carboxylic acids is 1. The van der Waals surface area contributed by atoms with Crippen LogP contribution in [0.15, 0.2) is 18.3 Å². The van der Waals surface area contributed by atoms with Crippen molar-refractivity contribution >= 4 is 15.9 Å². The van der Waals surface area contributed by atoms with Crippen molar-refractivity contribution in [1.29, 1.82) is 0 Å². The first-order valence-electron chi connectivity index (χ1n) is 11.8. The van der Waals surface area contributed by atoms with Crippen LogP contribution in [0.1, 0.15) is 52.7 Å². The number of nitrogens with zero attached hydrogens (tertiary/aromatic N) is 4. The molecule has 0 saturated carbocycles. The summed E-state index contributed by atoms with van der Waals surface area (Å²) in [4.78, 5) is 24.1. The third-order valence-electron chi connectivity index (χ3n) is 6.25. The molecule has 33 heavy (non-hydrogen) atoms. The molecule has 1 aliphatic heterocycles. The van der Waals surface area contributed by atoms with Crippen molar-refractivity contribution in [3.63, 3.8) is 0 Å². The summed E-state index contributed by atoms with van der Waals surface area (Å²) in [6, 6.07) is 4.56. The molecule has 0 aromatic carbocycles. The lowest BCUT2D eigenvalue weighted by molar-refractivity contribution is 0.0802. The first kappa shape index (κ1) is 25.7. The van der Waals surface area contributed by atoms with Gasteiger partial charge in [-0.3, -0.25) is 14.7 Å². The number of rotatable bonds is 10. The first-order chi connectivity index (χ1) is 15.6. The summed E-state index contributed by atoms with van der Waals surface area (Å²) in [5, 5.41) is 2.71. The summed E-state index contributed by atoms with van der Waals surface area (Å²) in [5.74, 6) is 1.91. The largest absolute Gasteiger partial charge is 0.360 e. The molecule has 0 bridgehead atoms. The van der Waals surface area contributed by atoms with E-state index in [1.807, 2.05) is 10.8 Å². The van der Waals surface area contributed by atoms with Gasteiger partial charge in [-0.2, -0.15) is 0 Å². The van der Waals surface area contributed by atoms with Gasteiger partial charge in [0.15, 0.2) is 0 Å². The maximum Gasteiger partial charge on any atom is 0.287 e. The molecule has 3 rings (SSSR count). The van der Waals surface area contributed by atoms with Crippen LogP contribution in [-0.4, -0.2) is 76.6 Å². The second-order valence-corrected chi connectivity index (χ2v) is 14.7. The molecule has 1 saturated heterocycles. The lowest BCUT2D eigenvalue weighted by atomic mass is 9.98. The fourth-order valence-electron chi connectivity index (χ4n) is 4.44. The summed E-state index contributed by atoms with van der Waals surface area (Å²) >= 11 is 0. The third-order valence-corrected chi connectivity index (χ3v) is 7.65. The molecule has 2 aromatic rings. The van der Waals surface area contributed by atoms with Crippen molar-refractivity contribution in [1.82, 2.24) is 24.8 Å². The predicted octanol–water partition coefficient (Wildman–Crippen LogP) is 3.55. The summed E-state index contributed by atoms with van der Waals surface area (Å²) in [5.41, 5.74) is 4.48. The van der Waals surface area contributed by atoms with Crippen LogP contribution in [0.2, 0.25) is 0 Å². The van der Waals surface area contributed by atoms with Crippen LogP contribution in [0.4, 0.5) is 0 Å². The lowest BCUT2D eigenvalue weighted by Crippen LogP contribution is -2.25. The molecule has 1 N–H and O–H groups in total. The van der Waals surface area contributed by atoms with Gasteiger partial charge in [-0.05, 0) is 82.5 Å². The van der Waals surface area contributed by atoms with Gasteiger partial charge in [0.2, 0.25) is 5.82 Å². The number of pyridine rings is 1. The van der Waals surface area contributed by atoms with Gasteiger partial charge in [-0.25, -0.2) is 15.0 Å². The van der Waals surface area contributed by atoms with Crippen molar-refractivity contribution < 1.29 is 9.53 Å². The van der Waals surface area contributed by atoms with Crippen molar-refractivity contribution in [3.8, 4) is 0 Å². The minimum absolute atomic E-state index is 0.152. The zero-order valence-corrected chi connectivity index (χ0v) is 22.2. The molecule has 1 fully saturated rings. The van der Waals surface area contributed by atoms with Crippen molar-refractivity contribution in [3.05, 3.63) is 46.8 Å². The Kier molecular flexibility index (Phi) is 8.59. The molecule has 0 radical (unpaired) electrons. The zero-order chi connectivity index (χ0) is 24.2. The van der Waals surface area contributed by atoms with Crippen LogP contribution >= 0.6 is 10.0 Å². The number of carbonyl (C=O) groups is 1. The van der Waals surface area contributed by atoms with Crippen molar-refractivity contribution in [2.24, 2.45) is 5.92 Å². The number of amides is 1. The van der Waals surface area contributed by atoms with Gasteiger partial charge in [0, 0.05) is 36.9 Å². The Morgan fingerprint density at radius 3 is 2.58 bits per heavy atom. The average Bonchev–Trinajstić information content (AvgIpc) is 3.36. The monoisotopic (exact) mass is 475 g/mol. The quantitative estimate of drug-likeness (QED) is 0.532. The smallest absolute Gasteiger partial charge is 0.287 e. The number of imidazole rings is 1. The molecule has 184 valence electrons. The molecular formula is C25H41N5O2S. The summed E-state index contributed by atoms with van der Waals surface area (Å²) in [6.45, 7) is 9.43. The van der Waals surface area contributed by atoms with Gasteiger partial charge in [-0.15, -0.1) is 0 Å². The molecular weight excluding hydrogens is 434 g/mol. The zero-order valence-electron chi connectivity index (χ0n) is 21.4. The predicted molar refractivity (Wildman–Crippen MR) is 137 cm³/mol. The summed E-state index contributed by atoms with van der Waals surface area (Å²) in [6.07, 6.45) is 11.1. The molecule has 3 heterocycles. The van der Waals surface area contributed by atoms with Gasteiger partial charge in [0.05, 0.1) is 18.3 Å². The van der Waals surface area contributed by atoms with Gasteiger partial charge in [0.25, 0.3) is 5.91 Å². The van der Waals surface area contributed by atoms with E-state index in [9.17, 15) is 4.79 Å². The summed E-state index contributed by atoms with van der Waals surface area (Å²) in [7, 11) is 1.04. The van der Waals surface area contributed by atoms with Crippen LogP contribution < -0.4 is 5.32 Å². The SMILES string of the molecule is CNC(=O)c1nc(C(C)N2CC[C@@H](Cc3cc(C)nc(C)c3)C2)cn1COCCS(C)(C)C. The van der Waals surface area contributed by atoms with E-state index < -0.39 is 10.0 Å². The van der Waals surface area contributed by atoms with Crippen LogP contribution in [0.25, 0.3) is 0 Å². The van der Waals surface area contributed by atoms with Gasteiger partial charge in [-0.1, -0.05) is 0 Å². The molecule has 1 aliphatic rings. The third kappa shape index (κ3) is 7.29. The standard InChI is InChI=1S/C25H41N5O2S/c1-18-12-22(13-19(2)27-18)14-21-8-9-29(15-21)20(3)23-16-30(24(28-23)25(31)26-4)17-32-10-11-33(5,6)7/h12-13,16,20-21H,8-11,14-15,17H2,1-7H3,(H,26,31)/t20?,21-/m0/s1. The maximum absolute atomic E-state index is 12.4. The molecule has 1 amide bonds. The Morgan fingerprint density at radius 2 is 1.94 bits per heavy atom. The molecule has 8 heteroatoms. The van der Waals surface area contributed by atoms with E-state index >= 15 is 0 Å². The Bertz CT molecular complexity index is 933. The van der Waals surface area contributed by atoms with Gasteiger partial charge >= 0.3 is 0 Å². The van der Waals surface area contributed by atoms with Gasteiger partial charge in [0.1, 0.15) is 6.73 Å². The van der Waals surface area contributed by atoms with Gasteiger partial charge < -0.3 is 14.6 Å². The topological polar surface area (TPSA) is 72.3 Å². The second-order valence-electron chi connectivity index (χ2n) is 10.2. The number of hydrogen-bond acceptors (Lipinski definition) is 5. The van der Waals surface area contributed by atoms with E-state index in [2.05, 4.69) is 66.9 Å². The van der Waals surface area contributed by atoms with E-state index in [4.69, 9.17) is 9.72 Å². The fraction of sp³-hybridized carbons (Fsp3) is 0.640. The Balaban J connectivity index is 1.64. The number of nitrogens with one attached hydrogen (secondary N) is 1. The van der Waals surface area contributed by atoms with Crippen molar-refractivity contribution in [2.45, 2.75) is 46.4 Å². The van der Waals surface area contributed by atoms with Crippen LogP contribution in [0, 0.1) is 19.8 Å². The normalized spacial score (nSPS) is 18.5. The molecule has 2 atom stereocenters. The molecule has 0 aliphatic carbocycles. The van der Waals surface area contributed by atoms with E-state index in [1.165, 1.54) is 12.0 Å². The highest BCUT2D eigenvalue weighted by Crippen LogP contribution is 2.33. The van der Waals surface area contributed by atoms with E-state index in [-0.39, 0.29) is 11.9 Å². The lowest BCUT2D eigenvalue weighted by Gasteiger charge is -2.24. The summed E-state index contributed by atoms with van der Waals surface area (Å²) < 4.78 is 7.74. The van der Waals surface area contributed by atoms with E-state index in [1.54, 1.807) is 7.05 Å². The average molecular weight is 476 g/mol. The molecule has 2 aromatic heterocycles. The highest BCUT2D eigenvalue weighted by molar-refractivity contribution is 8.32. The molecule has 7 nitrogen and oxygen atoms in total. The maximum atomic E-state index is 12.4. The highest BCUT2D eigenvalue weighted by atomic mass is 32.3. The van der Waals surface area contributed by atoms with E-state index in [0.29, 0.717) is 25.1 Å². The van der Waals surface area contributed by atoms with Crippen molar-refractivity contribution in [2.75, 3.05) is 51.3 Å². The Labute approximate surface area is 200 Å². The molecule has 0 spiro atoms. The van der Waals surface area contributed by atoms with E-state index in [0.717, 1.165) is 42.3 Å². The highest BCUT2D eigenvalue weighted by Gasteiger charge is 2.29. The Morgan fingerprint density at radius 1 is 1.24 bits per heavy atom. The van der Waals surface area contributed by atoms with Crippen LogP contribution in [0.5, 0.6) is 0 Å². The number of ether oxygens (including phenoxy) is 1. The Hall–Kier alpha value is -1.90. The minimum Gasteiger partial charge on any atom is -0.360 e.